The topological polar surface area (TPSA) is 78.5 Å². The number of hydrogen-bond acceptors (Lipinski definition) is 4. The summed E-state index contributed by atoms with van der Waals surface area (Å²) in [6.45, 7) is 1.75. The molecule has 1 aliphatic rings. The highest BCUT2D eigenvalue weighted by Gasteiger charge is 2.23. The molecule has 2 N–H and O–H groups in total. The van der Waals surface area contributed by atoms with Crippen LogP contribution in [0.25, 0.3) is 0 Å². The molecule has 0 aromatic carbocycles. The van der Waals surface area contributed by atoms with E-state index in [1.165, 1.54) is 0 Å². The van der Waals surface area contributed by atoms with E-state index < -0.39 is 10.0 Å². The molecular weight excluding hydrogens is 254 g/mol. The number of nitrogens with one attached hydrogen (secondary N) is 2. The minimum atomic E-state index is -3.17. The van der Waals surface area contributed by atoms with Gasteiger partial charge in [-0.2, -0.15) is 0 Å². The molecule has 0 atom stereocenters. The lowest BCUT2D eigenvalue weighted by molar-refractivity contribution is -0.131. The van der Waals surface area contributed by atoms with Crippen molar-refractivity contribution in [1.29, 1.82) is 0 Å². The lowest BCUT2D eigenvalue weighted by atomic mass is 10.1. The van der Waals surface area contributed by atoms with Crippen molar-refractivity contribution in [2.24, 2.45) is 0 Å². The number of carbonyl (C=O) groups excluding carboxylic acids is 1. The Kier molecular flexibility index (Phi) is 5.59. The highest BCUT2D eigenvalue weighted by atomic mass is 32.2. The maximum absolute atomic E-state index is 11.7. The molecule has 7 heteroatoms. The molecule has 0 radical (unpaired) electrons. The SMILES string of the molecule is C#CCNCC(=O)N1CCC(NS(C)(=O)=O)CC1. The molecule has 1 amide bonds. The fourth-order valence-corrected chi connectivity index (χ4v) is 2.74. The van der Waals surface area contributed by atoms with Gasteiger partial charge < -0.3 is 4.90 Å². The van der Waals surface area contributed by atoms with Crippen LogP contribution in [0.5, 0.6) is 0 Å². The van der Waals surface area contributed by atoms with E-state index >= 15 is 0 Å². The molecule has 0 aliphatic carbocycles. The largest absolute Gasteiger partial charge is 0.341 e. The lowest BCUT2D eigenvalue weighted by Crippen LogP contribution is -2.48. The zero-order chi connectivity index (χ0) is 13.6. The number of hydrogen-bond donors (Lipinski definition) is 2. The zero-order valence-corrected chi connectivity index (χ0v) is 11.3. The Morgan fingerprint density at radius 2 is 2.06 bits per heavy atom. The molecule has 0 unspecified atom stereocenters. The summed E-state index contributed by atoms with van der Waals surface area (Å²) in [5, 5.41) is 2.84. The van der Waals surface area contributed by atoms with Gasteiger partial charge >= 0.3 is 0 Å². The fourth-order valence-electron chi connectivity index (χ4n) is 1.90. The van der Waals surface area contributed by atoms with Gasteiger partial charge in [0.05, 0.1) is 19.3 Å². The minimum Gasteiger partial charge on any atom is -0.341 e. The Hall–Kier alpha value is -1.10. The average molecular weight is 273 g/mol. The van der Waals surface area contributed by atoms with Crippen LogP contribution < -0.4 is 10.0 Å². The normalized spacial score (nSPS) is 17.4. The van der Waals surface area contributed by atoms with Gasteiger partial charge in [-0.25, -0.2) is 13.1 Å². The number of piperidine rings is 1. The summed E-state index contributed by atoms with van der Waals surface area (Å²) in [7, 11) is -3.17. The van der Waals surface area contributed by atoms with Crippen molar-refractivity contribution in [3.8, 4) is 12.3 Å². The van der Waals surface area contributed by atoms with Crippen LogP contribution in [0.1, 0.15) is 12.8 Å². The Morgan fingerprint density at radius 3 is 2.56 bits per heavy atom. The third kappa shape index (κ3) is 5.49. The van der Waals surface area contributed by atoms with Crippen LogP contribution in [0.3, 0.4) is 0 Å². The fraction of sp³-hybridized carbons (Fsp3) is 0.727. The minimum absolute atomic E-state index is 0.00283. The van der Waals surface area contributed by atoms with Crippen LogP contribution in [0, 0.1) is 12.3 Å². The predicted molar refractivity (Wildman–Crippen MR) is 69.3 cm³/mol. The van der Waals surface area contributed by atoms with Crippen LogP contribution >= 0.6 is 0 Å². The van der Waals surface area contributed by atoms with E-state index in [-0.39, 0.29) is 18.5 Å². The van der Waals surface area contributed by atoms with Crippen LogP contribution in [0.4, 0.5) is 0 Å². The first-order chi connectivity index (χ1) is 8.42. The first kappa shape index (κ1) is 15.0. The third-order valence-electron chi connectivity index (χ3n) is 2.73. The van der Waals surface area contributed by atoms with E-state index in [0.717, 1.165) is 6.26 Å². The van der Waals surface area contributed by atoms with Gasteiger partial charge in [0.1, 0.15) is 0 Å². The summed E-state index contributed by atoms with van der Waals surface area (Å²) in [4.78, 5) is 13.4. The van der Waals surface area contributed by atoms with Crippen molar-refractivity contribution in [2.45, 2.75) is 18.9 Å². The van der Waals surface area contributed by atoms with Gasteiger partial charge in [-0.1, -0.05) is 5.92 Å². The highest BCUT2D eigenvalue weighted by Crippen LogP contribution is 2.10. The molecule has 1 aliphatic heterocycles. The summed E-state index contributed by atoms with van der Waals surface area (Å²) in [5.41, 5.74) is 0. The molecular formula is C11H19N3O3S. The summed E-state index contributed by atoms with van der Waals surface area (Å²) in [6.07, 6.45) is 7.51. The summed E-state index contributed by atoms with van der Waals surface area (Å²) >= 11 is 0. The second-order valence-corrected chi connectivity index (χ2v) is 6.13. The Balaban J connectivity index is 2.31. The first-order valence-corrected chi connectivity index (χ1v) is 7.71. The molecule has 1 fully saturated rings. The van der Waals surface area contributed by atoms with Crippen molar-refractivity contribution < 1.29 is 13.2 Å². The zero-order valence-electron chi connectivity index (χ0n) is 10.5. The van der Waals surface area contributed by atoms with Crippen LogP contribution in [0.2, 0.25) is 0 Å². The second-order valence-electron chi connectivity index (χ2n) is 4.35. The van der Waals surface area contributed by atoms with Crippen molar-refractivity contribution in [3.63, 3.8) is 0 Å². The van der Waals surface area contributed by atoms with Crippen LogP contribution in [0.15, 0.2) is 0 Å². The second kappa shape index (κ2) is 6.73. The number of carbonyl (C=O) groups is 1. The molecule has 18 heavy (non-hydrogen) atoms. The van der Waals surface area contributed by atoms with E-state index in [4.69, 9.17) is 6.42 Å². The van der Waals surface area contributed by atoms with E-state index in [1.807, 2.05) is 0 Å². The summed E-state index contributed by atoms with van der Waals surface area (Å²) in [6, 6.07) is -0.0669. The number of terminal acetylenes is 1. The Bertz CT molecular complexity index is 419. The Labute approximate surface area is 108 Å². The van der Waals surface area contributed by atoms with Crippen LogP contribution in [-0.2, 0) is 14.8 Å². The first-order valence-electron chi connectivity index (χ1n) is 5.81. The molecule has 0 bridgehead atoms. The molecule has 6 nitrogen and oxygen atoms in total. The van der Waals surface area contributed by atoms with Crippen molar-refractivity contribution in [1.82, 2.24) is 14.9 Å². The number of nitrogens with zero attached hydrogens (tertiary/aromatic N) is 1. The van der Waals surface area contributed by atoms with Crippen molar-refractivity contribution in [3.05, 3.63) is 0 Å². The number of amides is 1. The van der Waals surface area contributed by atoms with Gasteiger partial charge in [-0.15, -0.1) is 6.42 Å². The highest BCUT2D eigenvalue weighted by molar-refractivity contribution is 7.88. The van der Waals surface area contributed by atoms with E-state index in [0.29, 0.717) is 32.5 Å². The summed E-state index contributed by atoms with van der Waals surface area (Å²) in [5.74, 6) is 2.40. The van der Waals surface area contributed by atoms with E-state index in [9.17, 15) is 13.2 Å². The molecule has 0 saturated carbocycles. The quantitative estimate of drug-likeness (QED) is 0.484. The number of likely N-dealkylation sites (tertiary alicyclic amines) is 1. The van der Waals surface area contributed by atoms with Gasteiger partial charge in [0, 0.05) is 19.1 Å². The van der Waals surface area contributed by atoms with Crippen molar-refractivity contribution >= 4 is 15.9 Å². The van der Waals surface area contributed by atoms with Gasteiger partial charge in [0.15, 0.2) is 0 Å². The maximum Gasteiger partial charge on any atom is 0.236 e. The molecule has 102 valence electrons. The summed E-state index contributed by atoms with van der Waals surface area (Å²) < 4.78 is 24.7. The molecule has 0 aromatic rings. The number of sulfonamides is 1. The van der Waals surface area contributed by atoms with Gasteiger partial charge in [-0.3, -0.25) is 10.1 Å². The standard InChI is InChI=1S/C11H19N3O3S/c1-3-6-12-9-11(15)14-7-4-10(5-8-14)13-18(2,16)17/h1,10,12-13H,4-9H2,2H3. The lowest BCUT2D eigenvalue weighted by Gasteiger charge is -2.32. The predicted octanol–water partition coefficient (Wildman–Crippen LogP) is -1.25. The van der Waals surface area contributed by atoms with Gasteiger partial charge in [-0.05, 0) is 12.8 Å². The monoisotopic (exact) mass is 273 g/mol. The van der Waals surface area contributed by atoms with E-state index in [2.05, 4.69) is 16.0 Å². The van der Waals surface area contributed by atoms with Gasteiger partial charge in [0.2, 0.25) is 15.9 Å². The molecule has 1 heterocycles. The third-order valence-corrected chi connectivity index (χ3v) is 3.49. The average Bonchev–Trinajstić information content (AvgIpc) is 2.28. The molecule has 0 spiro atoms. The smallest absolute Gasteiger partial charge is 0.236 e. The Morgan fingerprint density at radius 1 is 1.44 bits per heavy atom. The maximum atomic E-state index is 11.7. The van der Waals surface area contributed by atoms with E-state index in [1.54, 1.807) is 4.90 Å². The van der Waals surface area contributed by atoms with Crippen LogP contribution in [-0.4, -0.2) is 57.7 Å². The molecule has 1 saturated heterocycles. The number of rotatable bonds is 5. The molecule has 0 aromatic heterocycles. The van der Waals surface area contributed by atoms with Crippen molar-refractivity contribution in [2.75, 3.05) is 32.4 Å². The van der Waals surface area contributed by atoms with Gasteiger partial charge in [0.25, 0.3) is 0 Å². The molecule has 1 rings (SSSR count).